The first kappa shape index (κ1) is 21.5. The van der Waals surface area contributed by atoms with Gasteiger partial charge in [0.25, 0.3) is 15.7 Å². The summed E-state index contributed by atoms with van der Waals surface area (Å²) in [5.41, 5.74) is -0.281. The summed E-state index contributed by atoms with van der Waals surface area (Å²) in [6.07, 6.45) is -0.247. The lowest BCUT2D eigenvalue weighted by Crippen LogP contribution is -2.32. The number of benzene rings is 2. The van der Waals surface area contributed by atoms with Crippen molar-refractivity contribution in [2.45, 2.75) is 17.7 Å². The van der Waals surface area contributed by atoms with E-state index in [4.69, 9.17) is 21.4 Å². The van der Waals surface area contributed by atoms with Crippen LogP contribution in [0.1, 0.15) is 12.8 Å². The molecule has 150 valence electrons. The summed E-state index contributed by atoms with van der Waals surface area (Å²) in [6.45, 7) is -0.186. The molecule has 0 aliphatic carbocycles. The third-order valence-electron chi connectivity index (χ3n) is 3.78. The first-order valence-electron chi connectivity index (χ1n) is 7.99. The number of nitro groups is 1. The van der Waals surface area contributed by atoms with Crippen LogP contribution in [0.25, 0.3) is 0 Å². The van der Waals surface area contributed by atoms with Crippen LogP contribution in [0, 0.1) is 10.1 Å². The Morgan fingerprint density at radius 3 is 2.61 bits per heavy atom. The maximum Gasteiger partial charge on any atom is 0.303 e. The van der Waals surface area contributed by atoms with Gasteiger partial charge in [-0.05, 0) is 30.7 Å². The fourth-order valence-corrected chi connectivity index (χ4v) is 4.20. The number of methoxy groups -OCH3 is 1. The van der Waals surface area contributed by atoms with E-state index in [0.29, 0.717) is 0 Å². The molecule has 0 heterocycles. The third kappa shape index (κ3) is 4.90. The summed E-state index contributed by atoms with van der Waals surface area (Å²) in [4.78, 5) is 20.8. The lowest BCUT2D eigenvalue weighted by Gasteiger charge is -2.26. The van der Waals surface area contributed by atoms with Crippen molar-refractivity contribution in [2.75, 3.05) is 18.0 Å². The van der Waals surface area contributed by atoms with Gasteiger partial charge in [0.2, 0.25) is 0 Å². The number of carbonyl (C=O) groups is 1. The lowest BCUT2D eigenvalue weighted by atomic mass is 10.2. The second-order valence-electron chi connectivity index (χ2n) is 5.65. The van der Waals surface area contributed by atoms with Crippen molar-refractivity contribution in [2.24, 2.45) is 0 Å². The highest BCUT2D eigenvalue weighted by Crippen LogP contribution is 2.35. The smallest absolute Gasteiger partial charge is 0.303 e. The normalized spacial score (nSPS) is 11.1. The minimum absolute atomic E-state index is 0.0131. The number of halogens is 1. The molecule has 2 rings (SSSR count). The number of anilines is 1. The third-order valence-corrected chi connectivity index (χ3v) is 5.82. The van der Waals surface area contributed by atoms with Crippen LogP contribution in [0.4, 0.5) is 11.4 Å². The van der Waals surface area contributed by atoms with Gasteiger partial charge in [-0.1, -0.05) is 17.7 Å². The minimum Gasteiger partial charge on any atom is -0.495 e. The van der Waals surface area contributed by atoms with Gasteiger partial charge >= 0.3 is 5.97 Å². The number of rotatable bonds is 9. The Kier molecular flexibility index (Phi) is 6.81. The SMILES string of the molecule is COc1ccc(Cl)cc1N(CCCC(=O)O)S(=O)(=O)c1cccc([N+](=O)[O-])c1. The molecule has 9 nitrogen and oxygen atoms in total. The molecule has 0 aromatic heterocycles. The average Bonchev–Trinajstić information content (AvgIpc) is 2.65. The van der Waals surface area contributed by atoms with Crippen LogP contribution in [-0.4, -0.2) is 38.1 Å². The van der Waals surface area contributed by atoms with Crippen molar-refractivity contribution >= 4 is 39.0 Å². The number of hydrogen-bond acceptors (Lipinski definition) is 6. The maximum atomic E-state index is 13.2. The fourth-order valence-electron chi connectivity index (χ4n) is 2.49. The minimum atomic E-state index is -4.26. The van der Waals surface area contributed by atoms with E-state index in [2.05, 4.69) is 0 Å². The number of carboxylic acids is 1. The van der Waals surface area contributed by atoms with Crippen LogP contribution in [0.5, 0.6) is 5.75 Å². The number of non-ortho nitro benzene ring substituents is 1. The molecule has 0 aliphatic heterocycles. The van der Waals surface area contributed by atoms with Crippen LogP contribution in [0.3, 0.4) is 0 Å². The van der Waals surface area contributed by atoms with Gasteiger partial charge in [0.1, 0.15) is 5.75 Å². The molecule has 0 radical (unpaired) electrons. The van der Waals surface area contributed by atoms with E-state index in [1.54, 1.807) is 0 Å². The quantitative estimate of drug-likeness (QED) is 0.479. The standard InChI is InChI=1S/C17H17ClN2O7S/c1-27-16-8-7-12(18)10-15(16)19(9-3-6-17(21)22)28(25,26)14-5-2-4-13(11-14)20(23)24/h2,4-5,7-8,10-11H,3,6,9H2,1H3,(H,21,22). The van der Waals surface area contributed by atoms with E-state index in [9.17, 15) is 23.3 Å². The highest BCUT2D eigenvalue weighted by molar-refractivity contribution is 7.92. The first-order valence-corrected chi connectivity index (χ1v) is 9.81. The van der Waals surface area contributed by atoms with Gasteiger partial charge in [0.05, 0.1) is 22.6 Å². The van der Waals surface area contributed by atoms with Gasteiger partial charge in [0, 0.05) is 30.1 Å². The highest BCUT2D eigenvalue weighted by Gasteiger charge is 2.29. The number of sulfonamides is 1. The molecule has 0 unspecified atom stereocenters. The summed E-state index contributed by atoms with van der Waals surface area (Å²) in [6, 6.07) is 8.96. The van der Waals surface area contributed by atoms with Crippen LogP contribution >= 0.6 is 11.6 Å². The zero-order chi connectivity index (χ0) is 20.9. The number of hydrogen-bond donors (Lipinski definition) is 1. The Bertz CT molecular complexity index is 995. The fraction of sp³-hybridized carbons (Fsp3) is 0.235. The number of nitro benzene ring substituents is 1. The Labute approximate surface area is 166 Å². The Hall–Kier alpha value is -2.85. The molecule has 0 fully saturated rings. The Morgan fingerprint density at radius 2 is 2.00 bits per heavy atom. The van der Waals surface area contributed by atoms with Gasteiger partial charge in [-0.2, -0.15) is 0 Å². The van der Waals surface area contributed by atoms with E-state index in [-0.39, 0.29) is 46.4 Å². The van der Waals surface area contributed by atoms with Crippen molar-refractivity contribution in [1.29, 1.82) is 0 Å². The topological polar surface area (TPSA) is 127 Å². The maximum absolute atomic E-state index is 13.2. The van der Waals surface area contributed by atoms with Crippen LogP contribution in [-0.2, 0) is 14.8 Å². The van der Waals surface area contributed by atoms with Gasteiger partial charge in [-0.3, -0.25) is 19.2 Å². The Morgan fingerprint density at radius 1 is 1.29 bits per heavy atom. The van der Waals surface area contributed by atoms with Crippen molar-refractivity contribution < 1.29 is 28.0 Å². The summed E-state index contributed by atoms with van der Waals surface area (Å²) >= 11 is 6.00. The average molecular weight is 429 g/mol. The van der Waals surface area contributed by atoms with Crippen molar-refractivity contribution in [3.8, 4) is 5.75 Å². The molecule has 0 amide bonds. The van der Waals surface area contributed by atoms with Gasteiger partial charge < -0.3 is 9.84 Å². The number of carboxylic acid groups (broad SMARTS) is 1. The summed E-state index contributed by atoms with van der Waals surface area (Å²) < 4.78 is 32.6. The van der Waals surface area contributed by atoms with Crippen LogP contribution in [0.2, 0.25) is 5.02 Å². The first-order chi connectivity index (χ1) is 13.2. The van der Waals surface area contributed by atoms with E-state index < -0.39 is 20.9 Å². The summed E-state index contributed by atoms with van der Waals surface area (Å²) in [5, 5.41) is 20.1. The predicted molar refractivity (Wildman–Crippen MR) is 103 cm³/mol. The second-order valence-corrected chi connectivity index (χ2v) is 7.94. The molecule has 0 bridgehead atoms. The number of nitrogens with zero attached hydrogens (tertiary/aromatic N) is 2. The van der Waals surface area contributed by atoms with E-state index >= 15 is 0 Å². The van der Waals surface area contributed by atoms with Gasteiger partial charge in [-0.25, -0.2) is 8.42 Å². The zero-order valence-corrected chi connectivity index (χ0v) is 16.3. The lowest BCUT2D eigenvalue weighted by molar-refractivity contribution is -0.385. The molecule has 28 heavy (non-hydrogen) atoms. The molecular formula is C17H17ClN2O7S. The summed E-state index contributed by atoms with van der Waals surface area (Å²) in [7, 11) is -2.91. The van der Waals surface area contributed by atoms with Crippen LogP contribution in [0.15, 0.2) is 47.4 Å². The van der Waals surface area contributed by atoms with E-state index in [1.807, 2.05) is 0 Å². The molecule has 0 spiro atoms. The van der Waals surface area contributed by atoms with E-state index in [1.165, 1.54) is 43.5 Å². The van der Waals surface area contributed by atoms with Crippen molar-refractivity contribution in [1.82, 2.24) is 0 Å². The Balaban J connectivity index is 2.57. The van der Waals surface area contributed by atoms with Crippen LogP contribution < -0.4 is 9.04 Å². The monoisotopic (exact) mass is 428 g/mol. The molecular weight excluding hydrogens is 412 g/mol. The summed E-state index contributed by atoms with van der Waals surface area (Å²) in [5.74, 6) is -0.875. The molecule has 0 aliphatic rings. The van der Waals surface area contributed by atoms with Crippen molar-refractivity contribution in [3.63, 3.8) is 0 Å². The predicted octanol–water partition coefficient (Wildman–Crippen LogP) is 3.32. The van der Waals surface area contributed by atoms with Gasteiger partial charge in [-0.15, -0.1) is 0 Å². The second kappa shape index (κ2) is 8.89. The van der Waals surface area contributed by atoms with E-state index in [0.717, 1.165) is 10.4 Å². The molecule has 11 heteroatoms. The molecule has 1 N–H and O–H groups in total. The highest BCUT2D eigenvalue weighted by atomic mass is 35.5. The molecule has 0 saturated heterocycles. The van der Waals surface area contributed by atoms with Gasteiger partial charge in [0.15, 0.2) is 0 Å². The van der Waals surface area contributed by atoms with Crippen molar-refractivity contribution in [3.05, 3.63) is 57.6 Å². The number of aliphatic carboxylic acids is 1. The zero-order valence-electron chi connectivity index (χ0n) is 14.7. The molecule has 2 aromatic rings. The largest absolute Gasteiger partial charge is 0.495 e. The molecule has 0 saturated carbocycles. The number of ether oxygens (including phenoxy) is 1. The molecule has 0 atom stereocenters. The molecule has 2 aromatic carbocycles.